The first-order chi connectivity index (χ1) is 12.2. The van der Waals surface area contributed by atoms with Crippen molar-refractivity contribution >= 4 is 6.03 Å². The van der Waals surface area contributed by atoms with Gasteiger partial charge in [-0.15, -0.1) is 0 Å². The van der Waals surface area contributed by atoms with Gasteiger partial charge in [-0.3, -0.25) is 4.90 Å². The molecule has 134 valence electrons. The fraction of sp³-hybridized carbons (Fsp3) is 0.450. The average molecular weight is 341 g/mol. The monoisotopic (exact) mass is 341 g/mol. The maximum absolute atomic E-state index is 12.2. The number of piperidine rings is 1. The van der Waals surface area contributed by atoms with Crippen molar-refractivity contribution in [3.63, 3.8) is 0 Å². The van der Waals surface area contributed by atoms with Crippen LogP contribution in [0.25, 0.3) is 0 Å². The molecule has 0 aliphatic carbocycles. The van der Waals surface area contributed by atoms with E-state index in [-0.39, 0.29) is 6.03 Å². The third-order valence-electron chi connectivity index (χ3n) is 4.71. The number of carbonyl (C=O) groups excluding carboxylic acids is 1. The summed E-state index contributed by atoms with van der Waals surface area (Å²) in [6.07, 6.45) is 3.99. The van der Waals surface area contributed by atoms with Crippen LogP contribution >= 0.6 is 0 Å². The summed E-state index contributed by atoms with van der Waals surface area (Å²) in [6.45, 7) is 4.38. The average Bonchev–Trinajstić information content (AvgIpc) is 3.14. The van der Waals surface area contributed by atoms with Gasteiger partial charge in [-0.1, -0.05) is 30.3 Å². The van der Waals surface area contributed by atoms with Gasteiger partial charge in [0.25, 0.3) is 0 Å². The predicted molar refractivity (Wildman–Crippen MR) is 98.0 cm³/mol. The molecule has 1 aliphatic rings. The lowest BCUT2D eigenvalue weighted by molar-refractivity contribution is 0.160. The Morgan fingerprint density at radius 1 is 1.28 bits per heavy atom. The van der Waals surface area contributed by atoms with Crippen molar-refractivity contribution in [1.82, 2.24) is 15.1 Å². The highest BCUT2D eigenvalue weighted by Gasteiger charge is 2.21. The van der Waals surface area contributed by atoms with E-state index >= 15 is 0 Å². The molecule has 3 rings (SSSR count). The number of carbonyl (C=O) groups is 1. The molecule has 2 amide bonds. The summed E-state index contributed by atoms with van der Waals surface area (Å²) in [5.74, 6) is 1.31. The predicted octanol–water partition coefficient (Wildman–Crippen LogP) is 3.33. The number of nitrogens with zero attached hydrogens (tertiary/aromatic N) is 2. The largest absolute Gasteiger partial charge is 0.467 e. The number of benzene rings is 1. The zero-order valence-corrected chi connectivity index (χ0v) is 14.9. The third-order valence-corrected chi connectivity index (χ3v) is 4.71. The first-order valence-electron chi connectivity index (χ1n) is 8.98. The van der Waals surface area contributed by atoms with Crippen molar-refractivity contribution < 1.29 is 9.21 Å². The van der Waals surface area contributed by atoms with Crippen LogP contribution in [0.4, 0.5) is 4.79 Å². The Balaban J connectivity index is 1.42. The molecule has 0 saturated carbocycles. The van der Waals surface area contributed by atoms with Crippen molar-refractivity contribution in [3.05, 3.63) is 60.1 Å². The molecule has 0 spiro atoms. The number of hydrogen-bond donors (Lipinski definition) is 1. The molecule has 1 aromatic carbocycles. The first kappa shape index (κ1) is 17.5. The third kappa shape index (κ3) is 5.36. The SMILES string of the molecule is CN(Cc1ccco1)C(=O)NC[C@@H]1CCCN(Cc2ccccc2)C1. The number of urea groups is 1. The van der Waals surface area contributed by atoms with Crippen LogP contribution in [0.2, 0.25) is 0 Å². The molecule has 1 fully saturated rings. The van der Waals surface area contributed by atoms with Crippen LogP contribution in [0.3, 0.4) is 0 Å². The highest BCUT2D eigenvalue weighted by Crippen LogP contribution is 2.18. The maximum atomic E-state index is 12.2. The van der Waals surface area contributed by atoms with Gasteiger partial charge >= 0.3 is 6.03 Å². The van der Waals surface area contributed by atoms with Crippen LogP contribution in [0.15, 0.2) is 53.1 Å². The second-order valence-corrected chi connectivity index (χ2v) is 6.85. The molecule has 25 heavy (non-hydrogen) atoms. The van der Waals surface area contributed by atoms with E-state index in [0.717, 1.165) is 31.9 Å². The van der Waals surface area contributed by atoms with Crippen LogP contribution in [0.1, 0.15) is 24.2 Å². The standard InChI is InChI=1S/C20H27N3O2/c1-22(16-19-10-6-12-25-19)20(24)21-13-18-9-5-11-23(15-18)14-17-7-3-2-4-8-17/h2-4,6-8,10,12,18H,5,9,11,13-16H2,1H3,(H,21,24)/t18-/m0/s1. The number of nitrogens with one attached hydrogen (secondary N) is 1. The van der Waals surface area contributed by atoms with Gasteiger partial charge in [0.05, 0.1) is 12.8 Å². The summed E-state index contributed by atoms with van der Waals surface area (Å²) in [5.41, 5.74) is 1.35. The number of rotatable bonds is 6. The van der Waals surface area contributed by atoms with Gasteiger partial charge in [0.1, 0.15) is 5.76 Å². The van der Waals surface area contributed by atoms with Crippen molar-refractivity contribution in [2.24, 2.45) is 5.92 Å². The molecule has 5 heteroatoms. The molecule has 1 N–H and O–H groups in total. The second kappa shape index (κ2) is 8.72. The minimum absolute atomic E-state index is 0.0448. The highest BCUT2D eigenvalue weighted by atomic mass is 16.3. The van der Waals surface area contributed by atoms with Crippen molar-refractivity contribution in [2.75, 3.05) is 26.7 Å². The van der Waals surface area contributed by atoms with Crippen LogP contribution in [-0.4, -0.2) is 42.5 Å². The minimum Gasteiger partial charge on any atom is -0.467 e. The Labute approximate surface area is 149 Å². The number of amides is 2. The van der Waals surface area contributed by atoms with Crippen LogP contribution in [0, 0.1) is 5.92 Å². The molecule has 2 aromatic rings. The van der Waals surface area contributed by atoms with Gasteiger partial charge in [-0.05, 0) is 43.0 Å². The van der Waals surface area contributed by atoms with Gasteiger partial charge in [-0.25, -0.2) is 4.79 Å². The van der Waals surface area contributed by atoms with Gasteiger partial charge < -0.3 is 14.6 Å². The minimum atomic E-state index is -0.0448. The van der Waals surface area contributed by atoms with Crippen LogP contribution < -0.4 is 5.32 Å². The van der Waals surface area contributed by atoms with Gasteiger partial charge in [0, 0.05) is 26.7 Å². The van der Waals surface area contributed by atoms with E-state index in [9.17, 15) is 4.79 Å². The molecule has 1 saturated heterocycles. The van der Waals surface area contributed by atoms with E-state index in [1.165, 1.54) is 18.4 Å². The Hall–Kier alpha value is -2.27. The second-order valence-electron chi connectivity index (χ2n) is 6.85. The normalized spacial score (nSPS) is 18.0. The topological polar surface area (TPSA) is 48.7 Å². The molecular weight excluding hydrogens is 314 g/mol. The lowest BCUT2D eigenvalue weighted by atomic mass is 9.97. The van der Waals surface area contributed by atoms with Crippen molar-refractivity contribution in [3.8, 4) is 0 Å². The lowest BCUT2D eigenvalue weighted by Crippen LogP contribution is -2.43. The van der Waals surface area contributed by atoms with E-state index in [1.807, 2.05) is 12.1 Å². The van der Waals surface area contributed by atoms with E-state index in [1.54, 1.807) is 18.2 Å². The van der Waals surface area contributed by atoms with Crippen molar-refractivity contribution in [2.45, 2.75) is 25.9 Å². The fourth-order valence-electron chi connectivity index (χ4n) is 3.38. The summed E-state index contributed by atoms with van der Waals surface area (Å²) in [4.78, 5) is 16.4. The molecule has 0 unspecified atom stereocenters. The Morgan fingerprint density at radius 2 is 2.12 bits per heavy atom. The van der Waals surface area contributed by atoms with Gasteiger partial charge in [0.2, 0.25) is 0 Å². The number of likely N-dealkylation sites (tertiary alicyclic amines) is 1. The molecule has 0 bridgehead atoms. The zero-order valence-electron chi connectivity index (χ0n) is 14.9. The van der Waals surface area contributed by atoms with E-state index in [2.05, 4.69) is 40.5 Å². The van der Waals surface area contributed by atoms with Crippen LogP contribution in [-0.2, 0) is 13.1 Å². The molecule has 1 aromatic heterocycles. The zero-order chi connectivity index (χ0) is 17.5. The highest BCUT2D eigenvalue weighted by molar-refractivity contribution is 5.73. The van der Waals surface area contributed by atoms with Crippen LogP contribution in [0.5, 0.6) is 0 Å². The quantitative estimate of drug-likeness (QED) is 0.877. The molecule has 2 heterocycles. The summed E-state index contributed by atoms with van der Waals surface area (Å²) in [5, 5.41) is 3.07. The summed E-state index contributed by atoms with van der Waals surface area (Å²) in [6, 6.07) is 14.3. The fourth-order valence-corrected chi connectivity index (χ4v) is 3.38. The summed E-state index contributed by atoms with van der Waals surface area (Å²) in [7, 11) is 1.79. The molecule has 1 aliphatic heterocycles. The smallest absolute Gasteiger partial charge is 0.317 e. The number of furan rings is 1. The molecule has 1 atom stereocenters. The van der Waals surface area contributed by atoms with E-state index < -0.39 is 0 Å². The number of hydrogen-bond acceptors (Lipinski definition) is 3. The van der Waals surface area contributed by atoms with E-state index in [4.69, 9.17) is 4.42 Å². The molecular formula is C20H27N3O2. The van der Waals surface area contributed by atoms with Gasteiger partial charge in [-0.2, -0.15) is 0 Å². The summed E-state index contributed by atoms with van der Waals surface area (Å²) < 4.78 is 5.29. The maximum Gasteiger partial charge on any atom is 0.317 e. The van der Waals surface area contributed by atoms with E-state index in [0.29, 0.717) is 12.5 Å². The Kier molecular flexibility index (Phi) is 6.12. The Morgan fingerprint density at radius 3 is 2.88 bits per heavy atom. The lowest BCUT2D eigenvalue weighted by Gasteiger charge is -2.33. The first-order valence-corrected chi connectivity index (χ1v) is 8.98. The van der Waals surface area contributed by atoms with Gasteiger partial charge in [0.15, 0.2) is 0 Å². The molecule has 0 radical (unpaired) electrons. The van der Waals surface area contributed by atoms with Crippen molar-refractivity contribution in [1.29, 1.82) is 0 Å². The Bertz CT molecular complexity index is 642. The summed E-state index contributed by atoms with van der Waals surface area (Å²) >= 11 is 0. The molecule has 5 nitrogen and oxygen atoms in total.